The molecule has 0 spiro atoms. The molecule has 0 unspecified atom stereocenters. The normalized spacial score (nSPS) is 11.9. The van der Waals surface area contributed by atoms with Crippen molar-refractivity contribution in [3.8, 4) is 0 Å². The zero-order chi connectivity index (χ0) is 19.1. The van der Waals surface area contributed by atoms with Crippen molar-refractivity contribution in [1.29, 1.82) is 0 Å². The molecule has 28 heavy (non-hydrogen) atoms. The molecule has 0 aromatic heterocycles. The highest BCUT2D eigenvalue weighted by molar-refractivity contribution is 9.10. The van der Waals surface area contributed by atoms with Gasteiger partial charge in [-0.1, -0.05) is 70.5 Å². The van der Waals surface area contributed by atoms with Crippen LogP contribution in [0.1, 0.15) is 12.5 Å². The Morgan fingerprint density at radius 3 is 2.14 bits per heavy atom. The Kier molecular flexibility index (Phi) is 4.25. The lowest BCUT2D eigenvalue weighted by Crippen LogP contribution is -2.15. The van der Waals surface area contributed by atoms with Crippen molar-refractivity contribution in [2.45, 2.75) is 6.92 Å². The van der Waals surface area contributed by atoms with Crippen LogP contribution >= 0.6 is 15.9 Å². The first-order valence-electron chi connectivity index (χ1n) is 9.48. The minimum absolute atomic E-state index is 0.809. The van der Waals surface area contributed by atoms with E-state index >= 15 is 0 Å². The van der Waals surface area contributed by atoms with Crippen LogP contribution in [-0.4, -0.2) is 12.8 Å². The van der Waals surface area contributed by atoms with Gasteiger partial charge in [0.2, 0.25) is 0 Å². The predicted octanol–water partition coefficient (Wildman–Crippen LogP) is 7.21. The van der Waals surface area contributed by atoms with E-state index in [2.05, 4.69) is 89.6 Å². The standard InChI is InChI=1S/C25H19BrN2/c1-2-28(22-13-11-21(26)12-14-22)27-16-20-9-8-19-7-6-17-4-3-5-18-10-15-23(20)25(19)24(17)18/h3-16H,2H2,1H3. The van der Waals surface area contributed by atoms with E-state index in [4.69, 9.17) is 5.10 Å². The van der Waals surface area contributed by atoms with Gasteiger partial charge in [-0.3, -0.25) is 5.01 Å². The second-order valence-electron chi connectivity index (χ2n) is 6.95. The van der Waals surface area contributed by atoms with E-state index in [-0.39, 0.29) is 0 Å². The van der Waals surface area contributed by atoms with Crippen molar-refractivity contribution in [3.63, 3.8) is 0 Å². The maximum absolute atomic E-state index is 4.79. The molecule has 5 aromatic carbocycles. The minimum Gasteiger partial charge on any atom is -0.266 e. The van der Waals surface area contributed by atoms with Crippen molar-refractivity contribution in [3.05, 3.63) is 88.9 Å². The smallest absolute Gasteiger partial charge is 0.0594 e. The minimum atomic E-state index is 0.809. The second kappa shape index (κ2) is 6.92. The summed E-state index contributed by atoms with van der Waals surface area (Å²) in [4.78, 5) is 0. The maximum atomic E-state index is 4.79. The van der Waals surface area contributed by atoms with Gasteiger partial charge in [-0.05, 0) is 63.5 Å². The molecule has 0 fully saturated rings. The highest BCUT2D eigenvalue weighted by atomic mass is 79.9. The summed E-state index contributed by atoms with van der Waals surface area (Å²) in [5, 5.41) is 14.6. The third-order valence-electron chi connectivity index (χ3n) is 5.32. The van der Waals surface area contributed by atoms with E-state index in [9.17, 15) is 0 Å². The highest BCUT2D eigenvalue weighted by Crippen LogP contribution is 2.35. The molecule has 3 heteroatoms. The zero-order valence-electron chi connectivity index (χ0n) is 15.6. The van der Waals surface area contributed by atoms with Gasteiger partial charge in [-0.2, -0.15) is 5.10 Å². The van der Waals surface area contributed by atoms with Crippen molar-refractivity contribution >= 4 is 60.1 Å². The summed E-state index contributed by atoms with van der Waals surface area (Å²) >= 11 is 3.49. The molecule has 0 saturated heterocycles. The first-order valence-corrected chi connectivity index (χ1v) is 10.3. The summed E-state index contributed by atoms with van der Waals surface area (Å²) < 4.78 is 1.07. The van der Waals surface area contributed by atoms with Crippen LogP contribution in [0.3, 0.4) is 0 Å². The Bertz CT molecular complexity index is 1290. The van der Waals surface area contributed by atoms with Crippen molar-refractivity contribution < 1.29 is 0 Å². The van der Waals surface area contributed by atoms with E-state index in [1.165, 1.54) is 32.3 Å². The van der Waals surface area contributed by atoms with Crippen LogP contribution < -0.4 is 5.01 Å². The van der Waals surface area contributed by atoms with E-state index in [1.54, 1.807) is 0 Å². The van der Waals surface area contributed by atoms with Gasteiger partial charge in [0.25, 0.3) is 0 Å². The fourth-order valence-electron chi connectivity index (χ4n) is 3.95. The average Bonchev–Trinajstić information content (AvgIpc) is 2.74. The third kappa shape index (κ3) is 2.83. The summed E-state index contributed by atoms with van der Waals surface area (Å²) in [6.07, 6.45) is 1.98. The monoisotopic (exact) mass is 426 g/mol. The molecule has 0 amide bonds. The fourth-order valence-corrected chi connectivity index (χ4v) is 4.21. The van der Waals surface area contributed by atoms with Crippen LogP contribution in [0.25, 0.3) is 32.3 Å². The molecular formula is C25H19BrN2. The Hall–Kier alpha value is -2.91. The summed E-state index contributed by atoms with van der Waals surface area (Å²) in [6, 6.07) is 28.0. The van der Waals surface area contributed by atoms with E-state index < -0.39 is 0 Å². The Morgan fingerprint density at radius 2 is 1.43 bits per heavy atom. The molecule has 0 heterocycles. The quantitative estimate of drug-likeness (QED) is 0.168. The topological polar surface area (TPSA) is 15.6 Å². The van der Waals surface area contributed by atoms with Crippen molar-refractivity contribution in [2.75, 3.05) is 11.6 Å². The number of rotatable bonds is 4. The van der Waals surface area contributed by atoms with Crippen LogP contribution in [0.4, 0.5) is 5.69 Å². The van der Waals surface area contributed by atoms with Crippen LogP contribution in [0.2, 0.25) is 0 Å². The molecule has 0 radical (unpaired) electrons. The molecule has 2 nitrogen and oxygen atoms in total. The molecule has 0 aliphatic heterocycles. The summed E-state index contributed by atoms with van der Waals surface area (Å²) in [6.45, 7) is 2.92. The SMILES string of the molecule is CCN(N=Cc1ccc2ccc3cccc4ccc1c2c34)c1ccc(Br)cc1. The van der Waals surface area contributed by atoms with Crippen molar-refractivity contribution in [2.24, 2.45) is 5.10 Å². The molecule has 0 aliphatic carbocycles. The van der Waals surface area contributed by atoms with Crippen molar-refractivity contribution in [1.82, 2.24) is 0 Å². The second-order valence-corrected chi connectivity index (χ2v) is 7.86. The average molecular weight is 427 g/mol. The number of anilines is 1. The first-order chi connectivity index (χ1) is 13.7. The van der Waals surface area contributed by atoms with E-state index in [0.29, 0.717) is 0 Å². The lowest BCUT2D eigenvalue weighted by atomic mass is 9.92. The van der Waals surface area contributed by atoms with Gasteiger partial charge in [0, 0.05) is 16.6 Å². The van der Waals surface area contributed by atoms with Gasteiger partial charge in [0.15, 0.2) is 0 Å². The Morgan fingerprint density at radius 1 is 0.786 bits per heavy atom. The van der Waals surface area contributed by atoms with Gasteiger partial charge >= 0.3 is 0 Å². The number of halogens is 1. The highest BCUT2D eigenvalue weighted by Gasteiger charge is 2.10. The van der Waals surface area contributed by atoms with E-state index in [0.717, 1.165) is 22.3 Å². The molecule has 0 atom stereocenters. The molecule has 5 rings (SSSR count). The Labute approximate surface area is 172 Å². The molecule has 5 aromatic rings. The molecule has 0 aliphatic rings. The molecule has 0 bridgehead atoms. The van der Waals surface area contributed by atoms with Crippen LogP contribution in [0, 0.1) is 0 Å². The molecular weight excluding hydrogens is 408 g/mol. The van der Waals surface area contributed by atoms with Gasteiger partial charge in [0.05, 0.1) is 11.9 Å². The summed E-state index contributed by atoms with van der Waals surface area (Å²) in [5.41, 5.74) is 2.22. The largest absolute Gasteiger partial charge is 0.266 e. The zero-order valence-corrected chi connectivity index (χ0v) is 17.1. The molecule has 0 saturated carbocycles. The molecule has 136 valence electrons. The number of benzene rings is 5. The predicted molar refractivity (Wildman–Crippen MR) is 125 cm³/mol. The fraction of sp³-hybridized carbons (Fsp3) is 0.0800. The first kappa shape index (κ1) is 17.2. The number of hydrazone groups is 1. The van der Waals surface area contributed by atoms with Crippen LogP contribution in [-0.2, 0) is 0 Å². The van der Waals surface area contributed by atoms with Crippen LogP contribution in [0.5, 0.6) is 0 Å². The van der Waals surface area contributed by atoms with Gasteiger partial charge in [-0.15, -0.1) is 0 Å². The number of nitrogens with zero attached hydrogens (tertiary/aromatic N) is 2. The van der Waals surface area contributed by atoms with E-state index in [1.807, 2.05) is 23.4 Å². The van der Waals surface area contributed by atoms with Crippen LogP contribution in [0.15, 0.2) is 88.4 Å². The van der Waals surface area contributed by atoms with Gasteiger partial charge in [-0.25, -0.2) is 0 Å². The van der Waals surface area contributed by atoms with Gasteiger partial charge < -0.3 is 0 Å². The summed E-state index contributed by atoms with van der Waals surface area (Å²) in [5.74, 6) is 0. The van der Waals surface area contributed by atoms with Gasteiger partial charge in [0.1, 0.15) is 0 Å². The maximum Gasteiger partial charge on any atom is 0.0594 e. The lowest BCUT2D eigenvalue weighted by Gasteiger charge is -2.17. The number of hydrogen-bond acceptors (Lipinski definition) is 2. The lowest BCUT2D eigenvalue weighted by molar-refractivity contribution is 0.897. The Balaban J connectivity index is 1.64. The number of hydrogen-bond donors (Lipinski definition) is 0. The summed E-state index contributed by atoms with van der Waals surface area (Å²) in [7, 11) is 0. The molecule has 0 N–H and O–H groups in total. The third-order valence-corrected chi connectivity index (χ3v) is 5.85.